The van der Waals surface area contributed by atoms with Crippen molar-refractivity contribution in [2.45, 2.75) is 0 Å². The smallest absolute Gasteiger partial charge is 0.256 e. The average Bonchev–Trinajstić information content (AvgIpc) is 2.84. The minimum Gasteiger partial charge on any atom is -0.493 e. The van der Waals surface area contributed by atoms with E-state index in [9.17, 15) is 4.79 Å². The summed E-state index contributed by atoms with van der Waals surface area (Å²) >= 11 is 6.93. The number of rotatable bonds is 3. The van der Waals surface area contributed by atoms with Crippen LogP contribution in [0, 0.1) is 0 Å². The molecule has 0 fully saturated rings. The fourth-order valence-corrected chi connectivity index (χ4v) is 3.79. The third-order valence-electron chi connectivity index (χ3n) is 3.55. The fraction of sp³-hybridized carbons (Fsp3) is 0.118. The van der Waals surface area contributed by atoms with Gasteiger partial charge in [-0.25, -0.2) is 0 Å². The molecule has 1 aliphatic heterocycles. The molecular weight excluding hydrogens is 426 g/mol. The summed E-state index contributed by atoms with van der Waals surface area (Å²) in [7, 11) is 3.17. The van der Waals surface area contributed by atoms with Gasteiger partial charge in [0.05, 0.1) is 19.9 Å². The Morgan fingerprint density at radius 3 is 2.48 bits per heavy atom. The number of anilines is 1. The zero-order valence-electron chi connectivity index (χ0n) is 12.4. The lowest BCUT2D eigenvalue weighted by molar-refractivity contribution is -0.110. The number of methoxy groups -OCH3 is 2. The second kappa shape index (κ2) is 6.37. The van der Waals surface area contributed by atoms with Gasteiger partial charge in [0, 0.05) is 20.1 Å². The topological polar surface area (TPSA) is 47.6 Å². The van der Waals surface area contributed by atoms with Crippen molar-refractivity contribution in [2.24, 2.45) is 0 Å². The summed E-state index contributed by atoms with van der Waals surface area (Å²) in [5, 5.41) is 2.88. The largest absolute Gasteiger partial charge is 0.493 e. The van der Waals surface area contributed by atoms with E-state index >= 15 is 0 Å². The van der Waals surface area contributed by atoms with Gasteiger partial charge in [-0.3, -0.25) is 4.79 Å². The van der Waals surface area contributed by atoms with Gasteiger partial charge in [0.15, 0.2) is 11.5 Å². The molecule has 0 radical (unpaired) electrons. The number of carbonyl (C=O) groups excluding carboxylic acids is 1. The lowest BCUT2D eigenvalue weighted by Gasteiger charge is -2.08. The van der Waals surface area contributed by atoms with Gasteiger partial charge in [0.2, 0.25) is 0 Å². The van der Waals surface area contributed by atoms with Gasteiger partial charge in [-0.05, 0) is 51.8 Å². The summed E-state index contributed by atoms with van der Waals surface area (Å²) in [6.45, 7) is 0. The molecule has 2 aromatic rings. The van der Waals surface area contributed by atoms with E-state index in [-0.39, 0.29) is 5.91 Å². The third kappa shape index (κ3) is 3.01. The van der Waals surface area contributed by atoms with Crippen molar-refractivity contribution in [1.82, 2.24) is 0 Å². The van der Waals surface area contributed by atoms with Crippen LogP contribution in [0.15, 0.2) is 39.3 Å². The van der Waals surface area contributed by atoms with Gasteiger partial charge in [0.1, 0.15) is 0 Å². The number of benzene rings is 2. The van der Waals surface area contributed by atoms with Crippen LogP contribution in [0.5, 0.6) is 11.5 Å². The van der Waals surface area contributed by atoms with Crippen molar-refractivity contribution in [3.63, 3.8) is 0 Å². The summed E-state index contributed by atoms with van der Waals surface area (Å²) in [4.78, 5) is 12.3. The number of carbonyl (C=O) groups is 1. The van der Waals surface area contributed by atoms with Crippen LogP contribution in [0.25, 0.3) is 11.6 Å². The predicted octanol–water partition coefficient (Wildman–Crippen LogP) is 4.72. The van der Waals surface area contributed by atoms with Crippen LogP contribution in [0.3, 0.4) is 0 Å². The molecule has 0 unspecified atom stereocenters. The second-order valence-electron chi connectivity index (χ2n) is 4.94. The number of nitrogens with one attached hydrogen (secondary N) is 1. The van der Waals surface area contributed by atoms with E-state index in [1.54, 1.807) is 14.2 Å². The summed E-state index contributed by atoms with van der Waals surface area (Å²) in [6.07, 6.45) is 1.84. The molecule has 0 saturated carbocycles. The number of ether oxygens (including phenoxy) is 2. The van der Waals surface area contributed by atoms with Crippen LogP contribution < -0.4 is 14.8 Å². The Kier molecular flexibility index (Phi) is 4.46. The number of hydrogen-bond acceptors (Lipinski definition) is 3. The zero-order valence-corrected chi connectivity index (χ0v) is 15.6. The first kappa shape index (κ1) is 16.1. The van der Waals surface area contributed by atoms with Crippen LogP contribution in [-0.4, -0.2) is 20.1 Å². The molecule has 23 heavy (non-hydrogen) atoms. The van der Waals surface area contributed by atoms with Crippen molar-refractivity contribution in [1.29, 1.82) is 0 Å². The Bertz CT molecular complexity index is 831. The third-order valence-corrected chi connectivity index (χ3v) is 4.63. The lowest BCUT2D eigenvalue weighted by Crippen LogP contribution is -2.03. The normalized spacial score (nSPS) is 14.6. The molecule has 6 heteroatoms. The molecule has 4 nitrogen and oxygen atoms in total. The summed E-state index contributed by atoms with van der Waals surface area (Å²) in [6, 6.07) is 9.36. The van der Waals surface area contributed by atoms with Crippen molar-refractivity contribution in [2.75, 3.05) is 19.5 Å². The van der Waals surface area contributed by atoms with Gasteiger partial charge in [-0.2, -0.15) is 0 Å². The highest BCUT2D eigenvalue weighted by molar-refractivity contribution is 9.11. The first-order valence-corrected chi connectivity index (χ1v) is 8.36. The molecule has 0 spiro atoms. The molecule has 1 N–H and O–H groups in total. The van der Waals surface area contributed by atoms with E-state index in [1.165, 1.54) is 0 Å². The first-order valence-electron chi connectivity index (χ1n) is 6.78. The van der Waals surface area contributed by atoms with E-state index in [1.807, 2.05) is 36.4 Å². The highest BCUT2D eigenvalue weighted by Crippen LogP contribution is 2.41. The Hall–Kier alpha value is -1.79. The summed E-state index contributed by atoms with van der Waals surface area (Å²) in [5.74, 6) is 1.14. The van der Waals surface area contributed by atoms with Gasteiger partial charge in [-0.1, -0.05) is 22.0 Å². The quantitative estimate of drug-likeness (QED) is 0.705. The standard InChI is InChI=1S/C17H13Br2NO3/c1-22-14-4-3-9(6-15(14)23-2)5-12-11-7-10(18)8-13(19)16(11)20-17(12)21/h3-8H,1-2H3,(H,20,21). The fourth-order valence-electron chi connectivity index (χ4n) is 2.47. The van der Waals surface area contributed by atoms with Crippen LogP contribution in [0.4, 0.5) is 5.69 Å². The molecule has 0 atom stereocenters. The molecule has 0 aliphatic carbocycles. The molecule has 0 saturated heterocycles. The second-order valence-corrected chi connectivity index (χ2v) is 6.71. The molecule has 1 heterocycles. The molecule has 0 bridgehead atoms. The Morgan fingerprint density at radius 1 is 1.04 bits per heavy atom. The molecule has 2 aromatic carbocycles. The van der Waals surface area contributed by atoms with Crippen molar-refractivity contribution in [3.8, 4) is 11.5 Å². The molecular formula is C17H13Br2NO3. The van der Waals surface area contributed by atoms with E-state index in [2.05, 4.69) is 37.2 Å². The number of amides is 1. The number of hydrogen-bond donors (Lipinski definition) is 1. The maximum Gasteiger partial charge on any atom is 0.256 e. The molecule has 3 rings (SSSR count). The number of halogens is 2. The van der Waals surface area contributed by atoms with Crippen LogP contribution in [-0.2, 0) is 4.79 Å². The molecule has 118 valence electrons. The van der Waals surface area contributed by atoms with E-state index in [0.29, 0.717) is 17.1 Å². The van der Waals surface area contributed by atoms with Crippen LogP contribution >= 0.6 is 31.9 Å². The van der Waals surface area contributed by atoms with E-state index in [0.717, 1.165) is 25.8 Å². The first-order chi connectivity index (χ1) is 11.0. The summed E-state index contributed by atoms with van der Waals surface area (Å²) < 4.78 is 12.3. The monoisotopic (exact) mass is 437 g/mol. The van der Waals surface area contributed by atoms with E-state index < -0.39 is 0 Å². The zero-order chi connectivity index (χ0) is 16.6. The van der Waals surface area contributed by atoms with Gasteiger partial charge in [0.25, 0.3) is 5.91 Å². The minimum absolute atomic E-state index is 0.131. The number of fused-ring (bicyclic) bond motifs is 1. The Labute approximate surface area is 150 Å². The maximum absolute atomic E-state index is 12.3. The Balaban J connectivity index is 2.09. The van der Waals surface area contributed by atoms with Crippen molar-refractivity contribution < 1.29 is 14.3 Å². The molecule has 0 aromatic heterocycles. The molecule has 1 aliphatic rings. The SMILES string of the molecule is COc1ccc(C=C2C(=O)Nc3c(Br)cc(Br)cc32)cc1OC. The highest BCUT2D eigenvalue weighted by atomic mass is 79.9. The average molecular weight is 439 g/mol. The predicted molar refractivity (Wildman–Crippen MR) is 97.9 cm³/mol. The highest BCUT2D eigenvalue weighted by Gasteiger charge is 2.26. The van der Waals surface area contributed by atoms with Gasteiger partial charge in [-0.15, -0.1) is 0 Å². The van der Waals surface area contributed by atoms with Crippen molar-refractivity contribution in [3.05, 3.63) is 50.4 Å². The van der Waals surface area contributed by atoms with Gasteiger partial charge >= 0.3 is 0 Å². The van der Waals surface area contributed by atoms with Crippen LogP contribution in [0.2, 0.25) is 0 Å². The van der Waals surface area contributed by atoms with Crippen LogP contribution in [0.1, 0.15) is 11.1 Å². The maximum atomic E-state index is 12.3. The Morgan fingerprint density at radius 2 is 1.78 bits per heavy atom. The van der Waals surface area contributed by atoms with E-state index in [4.69, 9.17) is 9.47 Å². The van der Waals surface area contributed by atoms with Crippen molar-refractivity contribution >= 4 is 55.1 Å². The summed E-state index contributed by atoms with van der Waals surface area (Å²) in [5.41, 5.74) is 3.10. The lowest BCUT2D eigenvalue weighted by atomic mass is 10.0. The minimum atomic E-state index is -0.131. The molecule has 1 amide bonds. The van der Waals surface area contributed by atoms with Gasteiger partial charge < -0.3 is 14.8 Å².